The van der Waals surface area contributed by atoms with Crippen molar-refractivity contribution >= 4 is 29.7 Å². The van der Waals surface area contributed by atoms with Crippen LogP contribution in [0.3, 0.4) is 0 Å². The summed E-state index contributed by atoms with van der Waals surface area (Å²) < 4.78 is 32.0. The van der Waals surface area contributed by atoms with Crippen molar-refractivity contribution in [3.8, 4) is 0 Å². The Morgan fingerprint density at radius 3 is 1.51 bits per heavy atom. The van der Waals surface area contributed by atoms with Crippen LogP contribution >= 0.6 is 0 Å². The van der Waals surface area contributed by atoms with Crippen molar-refractivity contribution in [3.05, 3.63) is 10.4 Å². The maximum Gasteiger partial charge on any atom is 0.305 e. The summed E-state index contributed by atoms with van der Waals surface area (Å²) >= 11 is 0. The van der Waals surface area contributed by atoms with Gasteiger partial charge in [-0.05, 0) is 5.53 Å². The molecule has 0 fully saturated rings. The number of hydrogen-bond donors (Lipinski definition) is 5. The van der Waals surface area contributed by atoms with Gasteiger partial charge in [0, 0.05) is 18.0 Å². The zero-order valence-corrected chi connectivity index (χ0v) is 23.9. The first kappa shape index (κ1) is 39.4. The number of carboxylic acid groups (broad SMARTS) is 3. The molecule has 0 aromatic heterocycles. The summed E-state index contributed by atoms with van der Waals surface area (Å²) in [4.78, 5) is 60.1. The van der Waals surface area contributed by atoms with Gasteiger partial charge in [0.25, 0.3) is 0 Å². The van der Waals surface area contributed by atoms with Crippen LogP contribution in [0.15, 0.2) is 5.11 Å². The van der Waals surface area contributed by atoms with Crippen molar-refractivity contribution < 1.29 is 67.7 Å². The summed E-state index contributed by atoms with van der Waals surface area (Å²) in [7, 11) is 0. The number of rotatable bonds is 30. The number of nitrogens with zero attached hydrogens (tertiary/aromatic N) is 3. The van der Waals surface area contributed by atoms with Crippen LogP contribution in [0.2, 0.25) is 0 Å². The highest BCUT2D eigenvalue weighted by Gasteiger charge is 2.34. The highest BCUT2D eigenvalue weighted by atomic mass is 16.5. The van der Waals surface area contributed by atoms with Crippen LogP contribution in [-0.2, 0) is 52.4 Å². The summed E-state index contributed by atoms with van der Waals surface area (Å²) in [6.07, 6.45) is -1.62. The van der Waals surface area contributed by atoms with Crippen LogP contribution in [-0.4, -0.2) is 143 Å². The molecule has 0 saturated carbocycles. The van der Waals surface area contributed by atoms with E-state index < -0.39 is 41.7 Å². The Morgan fingerprint density at radius 1 is 0.628 bits per heavy atom. The maximum absolute atomic E-state index is 12.7. The lowest BCUT2D eigenvalue weighted by atomic mass is 10.0. The van der Waals surface area contributed by atoms with Crippen molar-refractivity contribution in [2.75, 3.05) is 92.4 Å². The summed E-state index contributed by atoms with van der Waals surface area (Å²) in [6.45, 7) is 0.323. The van der Waals surface area contributed by atoms with Gasteiger partial charge in [0.05, 0.1) is 98.5 Å². The first-order chi connectivity index (χ1) is 20.6. The third-order valence-corrected chi connectivity index (χ3v) is 4.95. The summed E-state index contributed by atoms with van der Waals surface area (Å²) in [5.74, 6) is -4.76. The number of hydrogen-bond acceptors (Lipinski definition) is 12. The van der Waals surface area contributed by atoms with Crippen LogP contribution in [0.4, 0.5) is 0 Å². The third kappa shape index (κ3) is 25.8. The van der Waals surface area contributed by atoms with E-state index in [1.54, 1.807) is 0 Å². The number of carbonyl (C=O) groups is 5. The fourth-order valence-electron chi connectivity index (χ4n) is 3.02. The van der Waals surface area contributed by atoms with Gasteiger partial charge in [-0.1, -0.05) is 5.11 Å². The fourth-order valence-corrected chi connectivity index (χ4v) is 3.02. The smallest absolute Gasteiger partial charge is 0.305 e. The van der Waals surface area contributed by atoms with Crippen molar-refractivity contribution in [2.45, 2.75) is 31.2 Å². The molecule has 0 aromatic rings. The molecule has 43 heavy (non-hydrogen) atoms. The van der Waals surface area contributed by atoms with Gasteiger partial charge in [0.2, 0.25) is 11.8 Å². The van der Waals surface area contributed by atoms with Crippen LogP contribution in [0, 0.1) is 0 Å². The van der Waals surface area contributed by atoms with E-state index in [0.29, 0.717) is 19.8 Å². The monoisotopic (exact) mass is 623 g/mol. The van der Waals surface area contributed by atoms with E-state index in [9.17, 15) is 24.0 Å². The van der Waals surface area contributed by atoms with E-state index in [-0.39, 0.29) is 91.8 Å². The zero-order chi connectivity index (χ0) is 32.2. The number of ether oxygens (including phenoxy) is 6. The van der Waals surface area contributed by atoms with E-state index >= 15 is 0 Å². The molecule has 0 aromatic carbocycles. The number of carbonyl (C=O) groups excluding carboxylic acids is 2. The normalized spacial score (nSPS) is 11.0. The maximum atomic E-state index is 12.7. The van der Waals surface area contributed by atoms with E-state index in [1.807, 2.05) is 0 Å². The standard InChI is InChI=1S/C24H41N5O14/c25-29-27-5-10-39-12-14-40-13-11-38-9-4-26-19(30)15-20(31)28-24(16-41-6-1-21(32)33,17-42-7-2-22(34)35)18-43-8-3-23(36)37/h1-18H2,(H,26,30)(H,28,31)(H,32,33)(H,34,35)(H,36,37). The molecular formula is C24H41N5O14. The molecule has 0 atom stereocenters. The minimum Gasteiger partial charge on any atom is -0.481 e. The zero-order valence-electron chi connectivity index (χ0n) is 23.9. The van der Waals surface area contributed by atoms with E-state index in [2.05, 4.69) is 20.7 Å². The van der Waals surface area contributed by atoms with E-state index in [0.717, 1.165) is 0 Å². The predicted octanol–water partition coefficient (Wildman–Crippen LogP) is -0.818. The van der Waals surface area contributed by atoms with Crippen molar-refractivity contribution in [1.82, 2.24) is 10.6 Å². The number of aliphatic carboxylic acids is 3. The van der Waals surface area contributed by atoms with Crippen LogP contribution in [0.25, 0.3) is 10.4 Å². The molecule has 0 aliphatic rings. The molecule has 2 amide bonds. The Morgan fingerprint density at radius 2 is 1.07 bits per heavy atom. The number of nitrogens with one attached hydrogen (secondary N) is 2. The van der Waals surface area contributed by atoms with E-state index in [1.165, 1.54) is 0 Å². The van der Waals surface area contributed by atoms with Crippen molar-refractivity contribution in [2.24, 2.45) is 5.11 Å². The highest BCUT2D eigenvalue weighted by Crippen LogP contribution is 2.11. The highest BCUT2D eigenvalue weighted by molar-refractivity contribution is 5.97. The second-order valence-electron chi connectivity index (χ2n) is 8.74. The van der Waals surface area contributed by atoms with Crippen molar-refractivity contribution in [1.29, 1.82) is 0 Å². The van der Waals surface area contributed by atoms with Gasteiger partial charge in [0.15, 0.2) is 0 Å². The number of amides is 2. The molecule has 0 aliphatic heterocycles. The van der Waals surface area contributed by atoms with Crippen LogP contribution < -0.4 is 10.6 Å². The molecule has 0 bridgehead atoms. The fraction of sp³-hybridized carbons (Fsp3) is 0.792. The average Bonchev–Trinajstić information content (AvgIpc) is 2.93. The number of azide groups is 1. The molecule has 19 nitrogen and oxygen atoms in total. The third-order valence-electron chi connectivity index (χ3n) is 4.95. The summed E-state index contributed by atoms with van der Waals surface area (Å²) in [6, 6.07) is 0. The minimum absolute atomic E-state index is 0.106. The molecule has 246 valence electrons. The lowest BCUT2D eigenvalue weighted by molar-refractivity contribution is -0.141. The molecule has 0 rings (SSSR count). The molecule has 0 saturated heterocycles. The minimum atomic E-state index is -1.48. The second-order valence-corrected chi connectivity index (χ2v) is 8.74. The Hall–Kier alpha value is -3.58. The van der Waals surface area contributed by atoms with Gasteiger partial charge in [-0.15, -0.1) is 0 Å². The Balaban J connectivity index is 4.71. The van der Waals surface area contributed by atoms with Gasteiger partial charge in [-0.2, -0.15) is 0 Å². The Labute approximate surface area is 247 Å². The second kappa shape index (κ2) is 26.1. The Bertz CT molecular complexity index is 829. The predicted molar refractivity (Wildman–Crippen MR) is 144 cm³/mol. The van der Waals surface area contributed by atoms with Crippen LogP contribution in [0.1, 0.15) is 25.7 Å². The van der Waals surface area contributed by atoms with Gasteiger partial charge in [-0.3, -0.25) is 24.0 Å². The van der Waals surface area contributed by atoms with Gasteiger partial charge < -0.3 is 54.4 Å². The molecule has 19 heteroatoms. The molecule has 0 unspecified atom stereocenters. The largest absolute Gasteiger partial charge is 0.481 e. The quantitative estimate of drug-likeness (QED) is 0.0215. The Kier molecular flexibility index (Phi) is 23.9. The first-order valence-electron chi connectivity index (χ1n) is 13.3. The molecule has 0 aliphatic carbocycles. The molecule has 0 heterocycles. The molecule has 0 spiro atoms. The lowest BCUT2D eigenvalue weighted by Crippen LogP contribution is -2.59. The SMILES string of the molecule is [N-]=[N+]=NCCOCCOCCOCCNC(=O)CC(=O)NC(COCCC(=O)O)(COCCC(=O)O)COCCC(=O)O. The van der Waals surface area contributed by atoms with E-state index in [4.69, 9.17) is 49.3 Å². The van der Waals surface area contributed by atoms with Gasteiger partial charge >= 0.3 is 17.9 Å². The molecule has 5 N–H and O–H groups in total. The topological polar surface area (TPSA) is 274 Å². The first-order valence-corrected chi connectivity index (χ1v) is 13.3. The van der Waals surface area contributed by atoms with Crippen LogP contribution in [0.5, 0.6) is 0 Å². The van der Waals surface area contributed by atoms with Gasteiger partial charge in [-0.25, -0.2) is 0 Å². The summed E-state index contributed by atoms with van der Waals surface area (Å²) in [5, 5.41) is 35.0. The van der Waals surface area contributed by atoms with Crippen molar-refractivity contribution in [3.63, 3.8) is 0 Å². The average molecular weight is 624 g/mol. The number of carboxylic acids is 3. The molecular weight excluding hydrogens is 582 g/mol. The van der Waals surface area contributed by atoms with Gasteiger partial charge in [0.1, 0.15) is 12.0 Å². The lowest BCUT2D eigenvalue weighted by Gasteiger charge is -2.34. The molecule has 0 radical (unpaired) electrons. The summed E-state index contributed by atoms with van der Waals surface area (Å²) in [5.41, 5.74) is 6.66.